The van der Waals surface area contributed by atoms with Crippen LogP contribution in [0, 0.1) is 5.82 Å². The van der Waals surface area contributed by atoms with Gasteiger partial charge in [0.25, 0.3) is 0 Å². The van der Waals surface area contributed by atoms with Crippen LogP contribution in [0.2, 0.25) is 0 Å². The van der Waals surface area contributed by atoms with Gasteiger partial charge in [-0.15, -0.1) is 0 Å². The van der Waals surface area contributed by atoms with Crippen LogP contribution in [-0.4, -0.2) is 37.7 Å². The molecule has 0 bridgehead atoms. The Balaban J connectivity index is 2.13. The molecule has 1 N–H and O–H groups in total. The lowest BCUT2D eigenvalue weighted by molar-refractivity contribution is 0.108. The van der Waals surface area contributed by atoms with Gasteiger partial charge in [0.1, 0.15) is 6.10 Å². The van der Waals surface area contributed by atoms with E-state index in [2.05, 4.69) is 17.3 Å². The van der Waals surface area contributed by atoms with E-state index in [1.54, 1.807) is 6.07 Å². The first-order valence-electron chi connectivity index (χ1n) is 7.48. The van der Waals surface area contributed by atoms with Crippen molar-refractivity contribution in [2.24, 2.45) is 0 Å². The molecular formula is C16H25FN2O. The Bertz CT molecular complexity index is 430. The molecule has 4 heteroatoms. The number of benzene rings is 1. The topological polar surface area (TPSA) is 24.5 Å². The number of hydrogen-bond donors (Lipinski definition) is 1. The summed E-state index contributed by atoms with van der Waals surface area (Å²) in [6.07, 6.45) is 2.04. The van der Waals surface area contributed by atoms with Gasteiger partial charge in [0.05, 0.1) is 0 Å². The highest BCUT2D eigenvalue weighted by Gasteiger charge is 2.22. The summed E-state index contributed by atoms with van der Waals surface area (Å²) in [5, 5.41) is 3.32. The predicted octanol–water partition coefficient (Wildman–Crippen LogP) is 2.97. The third-order valence-electron chi connectivity index (χ3n) is 3.92. The monoisotopic (exact) mass is 280 g/mol. The van der Waals surface area contributed by atoms with Crippen LogP contribution in [-0.2, 0) is 0 Å². The van der Waals surface area contributed by atoms with E-state index in [9.17, 15) is 4.39 Å². The van der Waals surface area contributed by atoms with E-state index in [1.807, 2.05) is 19.9 Å². The van der Waals surface area contributed by atoms with E-state index in [0.29, 0.717) is 5.75 Å². The van der Waals surface area contributed by atoms with E-state index < -0.39 is 0 Å². The highest BCUT2D eigenvalue weighted by molar-refractivity contribution is 5.37. The second kappa shape index (κ2) is 7.04. The molecule has 0 spiro atoms. The maximum Gasteiger partial charge on any atom is 0.165 e. The van der Waals surface area contributed by atoms with Crippen LogP contribution < -0.4 is 10.1 Å². The fraction of sp³-hybridized carbons (Fsp3) is 0.625. The largest absolute Gasteiger partial charge is 0.487 e. The smallest absolute Gasteiger partial charge is 0.165 e. The average molecular weight is 280 g/mol. The molecule has 1 heterocycles. The van der Waals surface area contributed by atoms with Crippen molar-refractivity contribution in [2.75, 3.05) is 26.7 Å². The van der Waals surface area contributed by atoms with E-state index in [1.165, 1.54) is 6.07 Å². The second-order valence-corrected chi connectivity index (χ2v) is 5.56. The first kappa shape index (κ1) is 15.3. The zero-order valence-corrected chi connectivity index (χ0v) is 12.7. The number of likely N-dealkylation sites (tertiary alicyclic amines) is 1. The molecule has 0 amide bonds. The minimum absolute atomic E-state index is 0.0944. The molecule has 1 unspecified atom stereocenters. The van der Waals surface area contributed by atoms with Crippen LogP contribution in [0.5, 0.6) is 5.75 Å². The predicted molar refractivity (Wildman–Crippen MR) is 79.6 cm³/mol. The lowest BCUT2D eigenvalue weighted by Crippen LogP contribution is -2.36. The van der Waals surface area contributed by atoms with Crippen LogP contribution in [0.25, 0.3) is 0 Å². The molecular weight excluding hydrogens is 255 g/mol. The summed E-state index contributed by atoms with van der Waals surface area (Å²) in [6, 6.07) is 5.27. The van der Waals surface area contributed by atoms with Crippen LogP contribution >= 0.6 is 0 Å². The normalized spacial score (nSPS) is 19.0. The van der Waals surface area contributed by atoms with Crippen molar-refractivity contribution in [3.8, 4) is 5.75 Å². The summed E-state index contributed by atoms with van der Waals surface area (Å²) in [6.45, 7) is 6.97. The van der Waals surface area contributed by atoms with Crippen molar-refractivity contribution in [2.45, 2.75) is 38.8 Å². The molecule has 1 atom stereocenters. The molecule has 20 heavy (non-hydrogen) atoms. The van der Waals surface area contributed by atoms with Crippen molar-refractivity contribution in [1.82, 2.24) is 10.2 Å². The number of nitrogens with one attached hydrogen (secondary N) is 1. The first-order chi connectivity index (χ1) is 9.61. The minimum atomic E-state index is -0.258. The molecule has 1 fully saturated rings. The van der Waals surface area contributed by atoms with Crippen LogP contribution in [0.3, 0.4) is 0 Å². The van der Waals surface area contributed by atoms with Gasteiger partial charge < -0.3 is 15.0 Å². The van der Waals surface area contributed by atoms with Gasteiger partial charge in [0.15, 0.2) is 11.6 Å². The highest BCUT2D eigenvalue weighted by atomic mass is 19.1. The van der Waals surface area contributed by atoms with Crippen LogP contribution in [0.4, 0.5) is 4.39 Å². The average Bonchev–Trinajstić information content (AvgIpc) is 2.43. The molecule has 1 aromatic rings. The second-order valence-electron chi connectivity index (χ2n) is 5.56. The van der Waals surface area contributed by atoms with E-state index >= 15 is 0 Å². The Morgan fingerprint density at radius 1 is 1.40 bits per heavy atom. The van der Waals surface area contributed by atoms with E-state index in [0.717, 1.165) is 38.0 Å². The van der Waals surface area contributed by atoms with Crippen molar-refractivity contribution in [1.29, 1.82) is 0 Å². The SMILES string of the molecule is CCNC(C)c1cccc(F)c1OC1CCN(C)CC1. The van der Waals surface area contributed by atoms with E-state index in [4.69, 9.17) is 4.74 Å². The Hall–Kier alpha value is -1.13. The number of nitrogens with zero attached hydrogens (tertiary/aromatic N) is 1. The standard InChI is InChI=1S/C16H25FN2O/c1-4-18-12(2)14-6-5-7-15(17)16(14)20-13-8-10-19(3)11-9-13/h5-7,12-13,18H,4,8-11H2,1-3H3. The fourth-order valence-electron chi connectivity index (χ4n) is 2.68. The van der Waals surface area contributed by atoms with Gasteiger partial charge in [0.2, 0.25) is 0 Å². The van der Waals surface area contributed by atoms with E-state index in [-0.39, 0.29) is 18.0 Å². The molecule has 0 aromatic heterocycles. The zero-order chi connectivity index (χ0) is 14.5. The number of halogens is 1. The maximum absolute atomic E-state index is 14.1. The van der Waals surface area contributed by atoms with Crippen molar-refractivity contribution in [3.05, 3.63) is 29.6 Å². The minimum Gasteiger partial charge on any atom is -0.487 e. The first-order valence-corrected chi connectivity index (χ1v) is 7.48. The number of hydrogen-bond acceptors (Lipinski definition) is 3. The third-order valence-corrected chi connectivity index (χ3v) is 3.92. The van der Waals surface area contributed by atoms with Gasteiger partial charge in [-0.1, -0.05) is 19.1 Å². The quantitative estimate of drug-likeness (QED) is 0.897. The summed E-state index contributed by atoms with van der Waals surface area (Å²) >= 11 is 0. The fourth-order valence-corrected chi connectivity index (χ4v) is 2.68. The molecule has 2 rings (SSSR count). The van der Waals surface area contributed by atoms with Crippen molar-refractivity contribution >= 4 is 0 Å². The van der Waals surface area contributed by atoms with Crippen molar-refractivity contribution in [3.63, 3.8) is 0 Å². The highest BCUT2D eigenvalue weighted by Crippen LogP contribution is 2.30. The van der Waals surface area contributed by atoms with Gasteiger partial charge in [0, 0.05) is 24.7 Å². The van der Waals surface area contributed by atoms with Gasteiger partial charge >= 0.3 is 0 Å². The van der Waals surface area contributed by atoms with Gasteiger partial charge in [-0.05, 0) is 39.4 Å². The summed E-state index contributed by atoms with van der Waals surface area (Å²) in [5.41, 5.74) is 0.908. The number of ether oxygens (including phenoxy) is 1. The van der Waals surface area contributed by atoms with Gasteiger partial charge in [-0.3, -0.25) is 0 Å². The molecule has 1 aromatic carbocycles. The van der Waals surface area contributed by atoms with Crippen molar-refractivity contribution < 1.29 is 9.13 Å². The molecule has 1 aliphatic rings. The Labute approximate surface area is 121 Å². The Morgan fingerprint density at radius 3 is 2.75 bits per heavy atom. The number of piperidine rings is 1. The Kier molecular flexibility index (Phi) is 5.38. The lowest BCUT2D eigenvalue weighted by Gasteiger charge is -2.30. The molecule has 0 radical (unpaired) electrons. The summed E-state index contributed by atoms with van der Waals surface area (Å²) in [4.78, 5) is 2.28. The molecule has 3 nitrogen and oxygen atoms in total. The van der Waals surface area contributed by atoms with Crippen LogP contribution in [0.15, 0.2) is 18.2 Å². The van der Waals surface area contributed by atoms with Gasteiger partial charge in [-0.2, -0.15) is 0 Å². The molecule has 1 aliphatic heterocycles. The summed E-state index contributed by atoms with van der Waals surface area (Å²) in [7, 11) is 2.11. The Morgan fingerprint density at radius 2 is 2.10 bits per heavy atom. The third kappa shape index (κ3) is 3.70. The van der Waals surface area contributed by atoms with Gasteiger partial charge in [-0.25, -0.2) is 4.39 Å². The summed E-state index contributed by atoms with van der Waals surface area (Å²) < 4.78 is 20.1. The molecule has 0 aliphatic carbocycles. The molecule has 0 saturated carbocycles. The lowest BCUT2D eigenvalue weighted by atomic mass is 10.1. The maximum atomic E-state index is 14.1. The molecule has 1 saturated heterocycles. The van der Waals surface area contributed by atoms with Crippen LogP contribution in [0.1, 0.15) is 38.3 Å². The summed E-state index contributed by atoms with van der Waals surface area (Å²) in [5.74, 6) is 0.168. The molecule has 112 valence electrons. The number of rotatable bonds is 5. The number of para-hydroxylation sites is 1. The zero-order valence-electron chi connectivity index (χ0n) is 12.7.